The molecule has 0 bridgehead atoms. The summed E-state index contributed by atoms with van der Waals surface area (Å²) in [6.07, 6.45) is 0. The number of para-hydroxylation sites is 1. The summed E-state index contributed by atoms with van der Waals surface area (Å²) in [5, 5.41) is 4.58. The van der Waals surface area contributed by atoms with Crippen LogP contribution in [0.4, 0.5) is 17.1 Å². The number of benzene rings is 10. The van der Waals surface area contributed by atoms with Crippen molar-refractivity contribution in [1.29, 1.82) is 0 Å². The Morgan fingerprint density at radius 2 is 0.833 bits per heavy atom. The van der Waals surface area contributed by atoms with Gasteiger partial charge in [0.2, 0.25) is 0 Å². The highest BCUT2D eigenvalue weighted by atomic mass is 16.3. The van der Waals surface area contributed by atoms with Gasteiger partial charge in [-0.3, -0.25) is 0 Å². The molecule has 0 aliphatic rings. The predicted molar refractivity (Wildman–Crippen MR) is 253 cm³/mol. The van der Waals surface area contributed by atoms with E-state index in [0.29, 0.717) is 0 Å². The first-order valence-corrected chi connectivity index (χ1v) is 20.5. The number of nitrogens with zero attached hydrogens (tertiary/aromatic N) is 1. The molecule has 1 heterocycles. The topological polar surface area (TPSA) is 16.4 Å². The lowest BCUT2D eigenvalue weighted by Gasteiger charge is -2.28. The molecule has 0 spiro atoms. The van der Waals surface area contributed by atoms with E-state index in [1.54, 1.807) is 0 Å². The molecule has 0 saturated carbocycles. The van der Waals surface area contributed by atoms with E-state index in [1.165, 1.54) is 38.8 Å². The van der Waals surface area contributed by atoms with E-state index in [0.717, 1.165) is 66.6 Å². The first kappa shape index (κ1) is 35.2. The quantitative estimate of drug-likeness (QED) is 0.153. The summed E-state index contributed by atoms with van der Waals surface area (Å²) in [5.74, 6) is 0. The molecule has 0 atom stereocenters. The number of anilines is 3. The van der Waals surface area contributed by atoms with Gasteiger partial charge in [0.1, 0.15) is 11.2 Å². The molecule has 0 saturated heterocycles. The molecule has 2 nitrogen and oxygen atoms in total. The van der Waals surface area contributed by atoms with Gasteiger partial charge in [0.05, 0.1) is 5.69 Å². The van der Waals surface area contributed by atoms with Crippen molar-refractivity contribution in [3.05, 3.63) is 237 Å². The Labute approximate surface area is 349 Å². The molecule has 0 aliphatic carbocycles. The predicted octanol–water partition coefficient (Wildman–Crippen LogP) is 16.5. The van der Waals surface area contributed by atoms with Gasteiger partial charge in [0.15, 0.2) is 0 Å². The van der Waals surface area contributed by atoms with Crippen molar-refractivity contribution in [2.45, 2.75) is 0 Å². The van der Waals surface area contributed by atoms with E-state index in [-0.39, 0.29) is 0 Å². The molecule has 1 aromatic heterocycles. The van der Waals surface area contributed by atoms with Crippen LogP contribution >= 0.6 is 0 Å². The second-order valence-corrected chi connectivity index (χ2v) is 15.2. The van der Waals surface area contributed by atoms with E-state index in [1.807, 2.05) is 0 Å². The largest absolute Gasteiger partial charge is 0.455 e. The molecule has 0 unspecified atom stereocenters. The van der Waals surface area contributed by atoms with Crippen LogP contribution in [0.5, 0.6) is 0 Å². The van der Waals surface area contributed by atoms with Crippen LogP contribution in [0.25, 0.3) is 88.3 Å². The highest BCUT2D eigenvalue weighted by Gasteiger charge is 2.19. The van der Waals surface area contributed by atoms with Crippen LogP contribution < -0.4 is 4.90 Å². The maximum Gasteiger partial charge on any atom is 0.143 e. The van der Waals surface area contributed by atoms with Crippen LogP contribution in [-0.4, -0.2) is 0 Å². The van der Waals surface area contributed by atoms with Crippen LogP contribution in [-0.2, 0) is 0 Å². The zero-order chi connectivity index (χ0) is 39.8. The minimum Gasteiger partial charge on any atom is -0.455 e. The SMILES string of the molecule is c1ccc(-c2ccc(-c3ccc(N(c4ccc(-c5cccc6oc7c8ccccc8ccc7c56)cc4)c4ccccc4-c4ccccc4)cc3)cc2-c2ccccc2)cc1. The van der Waals surface area contributed by atoms with Gasteiger partial charge in [-0.05, 0) is 104 Å². The van der Waals surface area contributed by atoms with Crippen molar-refractivity contribution in [3.8, 4) is 55.6 Å². The first-order chi connectivity index (χ1) is 29.8. The van der Waals surface area contributed by atoms with Crippen molar-refractivity contribution in [2.24, 2.45) is 0 Å². The van der Waals surface area contributed by atoms with Crippen LogP contribution in [0.3, 0.4) is 0 Å². The highest BCUT2D eigenvalue weighted by molar-refractivity contribution is 6.19. The Balaban J connectivity index is 1.01. The zero-order valence-corrected chi connectivity index (χ0v) is 32.9. The molecule has 10 aromatic carbocycles. The Kier molecular flexibility index (Phi) is 8.87. The van der Waals surface area contributed by atoms with Crippen molar-refractivity contribution in [1.82, 2.24) is 0 Å². The monoisotopic (exact) mass is 765 g/mol. The van der Waals surface area contributed by atoms with Crippen LogP contribution in [0, 0.1) is 0 Å². The van der Waals surface area contributed by atoms with Gasteiger partial charge in [-0.15, -0.1) is 0 Å². The Morgan fingerprint density at radius 1 is 0.300 bits per heavy atom. The van der Waals surface area contributed by atoms with E-state index >= 15 is 0 Å². The molecule has 11 aromatic rings. The van der Waals surface area contributed by atoms with Gasteiger partial charge >= 0.3 is 0 Å². The van der Waals surface area contributed by atoms with E-state index in [9.17, 15) is 0 Å². The minimum absolute atomic E-state index is 0.895. The molecule has 0 N–H and O–H groups in total. The van der Waals surface area contributed by atoms with Crippen molar-refractivity contribution >= 4 is 49.8 Å². The summed E-state index contributed by atoms with van der Waals surface area (Å²) in [5.41, 5.74) is 16.9. The molecular formula is C58H39NO. The van der Waals surface area contributed by atoms with Gasteiger partial charge in [-0.1, -0.05) is 188 Å². The fraction of sp³-hybridized carbons (Fsp3) is 0. The first-order valence-electron chi connectivity index (χ1n) is 20.5. The van der Waals surface area contributed by atoms with Gasteiger partial charge < -0.3 is 9.32 Å². The number of rotatable bonds is 8. The lowest BCUT2D eigenvalue weighted by Crippen LogP contribution is -2.11. The van der Waals surface area contributed by atoms with Crippen LogP contribution in [0.15, 0.2) is 241 Å². The van der Waals surface area contributed by atoms with Crippen molar-refractivity contribution < 1.29 is 4.42 Å². The zero-order valence-electron chi connectivity index (χ0n) is 32.9. The third-order valence-electron chi connectivity index (χ3n) is 11.7. The molecule has 2 heteroatoms. The summed E-state index contributed by atoms with van der Waals surface area (Å²) in [4.78, 5) is 2.38. The Bertz CT molecular complexity index is 3280. The highest BCUT2D eigenvalue weighted by Crippen LogP contribution is 2.44. The second kappa shape index (κ2) is 15.1. The van der Waals surface area contributed by atoms with Gasteiger partial charge in [-0.25, -0.2) is 0 Å². The number of furan rings is 1. The standard InChI is InChI=1S/C58H39NO/c1-4-15-41(16-5-1)49-37-32-46(39-54(49)43-19-8-3-9-20-43)40-27-33-47(34-28-40)59(55-25-13-12-22-50(55)42-17-6-2-7-18-42)48-35-29-45(30-36-48)51-24-14-26-56-57(51)53-38-31-44-21-10-11-23-52(44)58(53)60-56/h1-39H. The van der Waals surface area contributed by atoms with Gasteiger partial charge in [0.25, 0.3) is 0 Å². The summed E-state index contributed by atoms with van der Waals surface area (Å²) in [7, 11) is 0. The number of fused-ring (bicyclic) bond motifs is 5. The maximum absolute atomic E-state index is 6.55. The molecule has 282 valence electrons. The Hall–Kier alpha value is -7.94. The third kappa shape index (κ3) is 6.32. The molecule has 11 rings (SSSR count). The smallest absolute Gasteiger partial charge is 0.143 e. The van der Waals surface area contributed by atoms with E-state index in [2.05, 4.69) is 241 Å². The molecule has 0 fully saturated rings. The fourth-order valence-corrected chi connectivity index (χ4v) is 8.79. The molecule has 0 amide bonds. The summed E-state index contributed by atoms with van der Waals surface area (Å²) < 4.78 is 6.55. The average molecular weight is 766 g/mol. The van der Waals surface area contributed by atoms with Crippen LogP contribution in [0.1, 0.15) is 0 Å². The van der Waals surface area contributed by atoms with Crippen molar-refractivity contribution in [2.75, 3.05) is 4.90 Å². The molecule has 0 radical (unpaired) electrons. The molecule has 0 aliphatic heterocycles. The third-order valence-corrected chi connectivity index (χ3v) is 11.7. The van der Waals surface area contributed by atoms with Gasteiger partial charge in [-0.2, -0.15) is 0 Å². The maximum atomic E-state index is 6.55. The number of hydrogen-bond donors (Lipinski definition) is 0. The lowest BCUT2D eigenvalue weighted by atomic mass is 9.91. The number of hydrogen-bond acceptors (Lipinski definition) is 2. The lowest BCUT2D eigenvalue weighted by molar-refractivity contribution is 0.673. The van der Waals surface area contributed by atoms with E-state index < -0.39 is 0 Å². The van der Waals surface area contributed by atoms with Crippen LogP contribution in [0.2, 0.25) is 0 Å². The second-order valence-electron chi connectivity index (χ2n) is 15.2. The van der Waals surface area contributed by atoms with Gasteiger partial charge in [0, 0.05) is 33.1 Å². The van der Waals surface area contributed by atoms with E-state index in [4.69, 9.17) is 4.42 Å². The summed E-state index contributed by atoms with van der Waals surface area (Å²) in [6.45, 7) is 0. The molecular weight excluding hydrogens is 727 g/mol. The summed E-state index contributed by atoms with van der Waals surface area (Å²) in [6, 6.07) is 84.8. The summed E-state index contributed by atoms with van der Waals surface area (Å²) >= 11 is 0. The molecule has 60 heavy (non-hydrogen) atoms. The average Bonchev–Trinajstić information content (AvgIpc) is 3.73. The fourth-order valence-electron chi connectivity index (χ4n) is 8.79. The normalized spacial score (nSPS) is 11.3. The Morgan fingerprint density at radius 3 is 1.53 bits per heavy atom. The van der Waals surface area contributed by atoms with Crippen molar-refractivity contribution in [3.63, 3.8) is 0 Å². The minimum atomic E-state index is 0.895.